The number of benzene rings is 1. The number of nitrogens with one attached hydrogen (secondary N) is 1. The number of rotatable bonds is 4. The van der Waals surface area contributed by atoms with E-state index in [4.69, 9.17) is 0 Å². The van der Waals surface area contributed by atoms with Crippen molar-refractivity contribution in [3.8, 4) is 6.07 Å². The van der Waals surface area contributed by atoms with Crippen LogP contribution in [0, 0.1) is 11.3 Å². The second-order valence-electron chi connectivity index (χ2n) is 7.57. The van der Waals surface area contributed by atoms with Crippen LogP contribution in [0.4, 0.5) is 0 Å². The minimum absolute atomic E-state index is 0.363. The van der Waals surface area contributed by atoms with Gasteiger partial charge in [-0.05, 0) is 49.2 Å². The van der Waals surface area contributed by atoms with Gasteiger partial charge >= 0.3 is 0 Å². The predicted molar refractivity (Wildman–Crippen MR) is 103 cm³/mol. The van der Waals surface area contributed by atoms with Crippen molar-refractivity contribution in [1.29, 1.82) is 5.26 Å². The van der Waals surface area contributed by atoms with Crippen molar-refractivity contribution in [1.82, 2.24) is 15.1 Å². The van der Waals surface area contributed by atoms with Gasteiger partial charge in [0.15, 0.2) is 0 Å². The van der Waals surface area contributed by atoms with Gasteiger partial charge in [0.2, 0.25) is 0 Å². The number of allylic oxidation sites excluding steroid dienone is 2. The SMILES string of the molecule is CC1=CNCC(c2cccc(CN3CCN(C(C)(C)C#N)CC3)c2)=C1. The summed E-state index contributed by atoms with van der Waals surface area (Å²) < 4.78 is 0. The van der Waals surface area contributed by atoms with E-state index in [2.05, 4.69) is 64.7 Å². The van der Waals surface area contributed by atoms with Crippen LogP contribution < -0.4 is 5.32 Å². The Hall–Kier alpha value is -2.09. The minimum Gasteiger partial charge on any atom is -0.387 e. The monoisotopic (exact) mass is 336 g/mol. The number of dihydropyridines is 1. The lowest BCUT2D eigenvalue weighted by Gasteiger charge is -2.40. The van der Waals surface area contributed by atoms with Gasteiger partial charge < -0.3 is 5.32 Å². The summed E-state index contributed by atoms with van der Waals surface area (Å²) >= 11 is 0. The maximum absolute atomic E-state index is 9.30. The zero-order chi connectivity index (χ0) is 17.9. The van der Waals surface area contributed by atoms with Gasteiger partial charge in [-0.2, -0.15) is 5.26 Å². The molecular formula is C21H28N4. The van der Waals surface area contributed by atoms with Gasteiger partial charge in [-0.15, -0.1) is 0 Å². The van der Waals surface area contributed by atoms with E-state index >= 15 is 0 Å². The third-order valence-corrected chi connectivity index (χ3v) is 5.16. The maximum atomic E-state index is 9.30. The van der Waals surface area contributed by atoms with Crippen LogP contribution in [0.5, 0.6) is 0 Å². The Morgan fingerprint density at radius 2 is 1.96 bits per heavy atom. The molecule has 1 fully saturated rings. The Balaban J connectivity index is 1.62. The Morgan fingerprint density at radius 1 is 1.20 bits per heavy atom. The van der Waals surface area contributed by atoms with Gasteiger partial charge in [0, 0.05) is 39.3 Å². The highest BCUT2D eigenvalue weighted by Gasteiger charge is 2.29. The molecule has 3 rings (SSSR count). The van der Waals surface area contributed by atoms with E-state index in [0.29, 0.717) is 0 Å². The van der Waals surface area contributed by atoms with Crippen LogP contribution >= 0.6 is 0 Å². The lowest BCUT2D eigenvalue weighted by atomic mass is 9.99. The molecule has 1 aromatic carbocycles. The molecule has 0 saturated carbocycles. The van der Waals surface area contributed by atoms with Gasteiger partial charge in [0.1, 0.15) is 5.54 Å². The van der Waals surface area contributed by atoms with E-state index in [1.807, 2.05) is 13.8 Å². The fourth-order valence-electron chi connectivity index (χ4n) is 3.54. The van der Waals surface area contributed by atoms with Gasteiger partial charge in [-0.1, -0.05) is 30.3 Å². The molecule has 0 unspecified atom stereocenters. The maximum Gasteiger partial charge on any atom is 0.103 e. The molecule has 1 N–H and O–H groups in total. The second-order valence-corrected chi connectivity index (χ2v) is 7.57. The van der Waals surface area contributed by atoms with Crippen LogP contribution in [0.2, 0.25) is 0 Å². The van der Waals surface area contributed by atoms with Crippen molar-refractivity contribution in [3.63, 3.8) is 0 Å². The van der Waals surface area contributed by atoms with Crippen molar-refractivity contribution >= 4 is 5.57 Å². The summed E-state index contributed by atoms with van der Waals surface area (Å²) in [5, 5.41) is 12.6. The van der Waals surface area contributed by atoms with Crippen molar-refractivity contribution in [2.45, 2.75) is 32.9 Å². The molecule has 0 spiro atoms. The first-order valence-electron chi connectivity index (χ1n) is 9.07. The van der Waals surface area contributed by atoms with Crippen LogP contribution in [0.3, 0.4) is 0 Å². The molecule has 2 heterocycles. The summed E-state index contributed by atoms with van der Waals surface area (Å²) in [6.07, 6.45) is 4.33. The van der Waals surface area contributed by atoms with E-state index in [1.165, 1.54) is 22.3 Å². The standard InChI is InChI=1S/C21H28N4/c1-17-11-20(14-23-13-17)19-6-4-5-18(12-19)15-24-7-9-25(10-8-24)21(2,3)16-22/h4-6,11-13,23H,7-10,14-15H2,1-3H3. The first kappa shape index (κ1) is 17.7. The fraction of sp³-hybridized carbons (Fsp3) is 0.476. The number of nitriles is 1. The lowest BCUT2D eigenvalue weighted by molar-refractivity contribution is 0.0764. The first-order valence-corrected chi connectivity index (χ1v) is 9.07. The molecule has 0 atom stereocenters. The quantitative estimate of drug-likeness (QED) is 0.918. The van der Waals surface area contributed by atoms with Gasteiger partial charge in [0.25, 0.3) is 0 Å². The molecule has 4 heteroatoms. The Morgan fingerprint density at radius 3 is 2.64 bits per heavy atom. The van der Waals surface area contributed by atoms with Crippen LogP contribution in [0.25, 0.3) is 5.57 Å². The molecule has 0 aromatic heterocycles. The summed E-state index contributed by atoms with van der Waals surface area (Å²) in [5.74, 6) is 0. The van der Waals surface area contributed by atoms with E-state index in [9.17, 15) is 5.26 Å². The summed E-state index contributed by atoms with van der Waals surface area (Å²) in [6, 6.07) is 11.3. The van der Waals surface area contributed by atoms with E-state index < -0.39 is 0 Å². The largest absolute Gasteiger partial charge is 0.387 e. The van der Waals surface area contributed by atoms with Gasteiger partial charge in [-0.3, -0.25) is 9.80 Å². The molecule has 4 nitrogen and oxygen atoms in total. The second kappa shape index (κ2) is 7.43. The molecule has 2 aliphatic rings. The Bertz CT molecular complexity index is 716. The molecule has 0 radical (unpaired) electrons. The Labute approximate surface area is 151 Å². The average Bonchev–Trinajstić information content (AvgIpc) is 2.62. The third kappa shape index (κ3) is 4.31. The summed E-state index contributed by atoms with van der Waals surface area (Å²) in [4.78, 5) is 4.77. The highest BCUT2D eigenvalue weighted by molar-refractivity contribution is 5.71. The highest BCUT2D eigenvalue weighted by atomic mass is 15.3. The molecule has 0 amide bonds. The zero-order valence-corrected chi connectivity index (χ0v) is 15.5. The Kier molecular flexibility index (Phi) is 5.27. The van der Waals surface area contributed by atoms with Crippen molar-refractivity contribution in [2.24, 2.45) is 0 Å². The molecule has 132 valence electrons. The van der Waals surface area contributed by atoms with Crippen molar-refractivity contribution < 1.29 is 0 Å². The summed E-state index contributed by atoms with van der Waals surface area (Å²) in [6.45, 7) is 12.0. The van der Waals surface area contributed by atoms with E-state index in [0.717, 1.165) is 39.3 Å². The van der Waals surface area contributed by atoms with E-state index in [1.54, 1.807) is 0 Å². The predicted octanol–water partition coefficient (Wildman–Crippen LogP) is 3.00. The fourth-order valence-corrected chi connectivity index (χ4v) is 3.54. The third-order valence-electron chi connectivity index (χ3n) is 5.16. The topological polar surface area (TPSA) is 42.3 Å². The summed E-state index contributed by atoms with van der Waals surface area (Å²) in [5.41, 5.74) is 4.92. The smallest absolute Gasteiger partial charge is 0.103 e. The molecule has 25 heavy (non-hydrogen) atoms. The minimum atomic E-state index is -0.363. The number of nitrogens with zero attached hydrogens (tertiary/aromatic N) is 3. The van der Waals surface area contributed by atoms with Crippen LogP contribution in [-0.4, -0.2) is 48.1 Å². The number of hydrogen-bond acceptors (Lipinski definition) is 4. The van der Waals surface area contributed by atoms with E-state index in [-0.39, 0.29) is 5.54 Å². The average molecular weight is 336 g/mol. The molecular weight excluding hydrogens is 308 g/mol. The summed E-state index contributed by atoms with van der Waals surface area (Å²) in [7, 11) is 0. The van der Waals surface area contributed by atoms with Crippen LogP contribution in [-0.2, 0) is 6.54 Å². The van der Waals surface area contributed by atoms with Crippen molar-refractivity contribution in [3.05, 3.63) is 53.2 Å². The first-order chi connectivity index (χ1) is 12.0. The lowest BCUT2D eigenvalue weighted by Crippen LogP contribution is -2.53. The number of hydrogen-bond donors (Lipinski definition) is 1. The van der Waals surface area contributed by atoms with Crippen molar-refractivity contribution in [2.75, 3.05) is 32.7 Å². The molecule has 2 aliphatic heterocycles. The van der Waals surface area contributed by atoms with Crippen LogP contribution in [0.1, 0.15) is 31.9 Å². The zero-order valence-electron chi connectivity index (χ0n) is 15.5. The highest BCUT2D eigenvalue weighted by Crippen LogP contribution is 2.21. The van der Waals surface area contributed by atoms with Gasteiger partial charge in [0.05, 0.1) is 6.07 Å². The molecule has 0 aliphatic carbocycles. The normalized spacial score (nSPS) is 19.6. The number of piperazine rings is 1. The molecule has 1 saturated heterocycles. The molecule has 0 bridgehead atoms. The molecule has 1 aromatic rings. The van der Waals surface area contributed by atoms with Gasteiger partial charge in [-0.25, -0.2) is 0 Å². The van der Waals surface area contributed by atoms with Crippen LogP contribution in [0.15, 0.2) is 42.1 Å².